The number of fused-ring (bicyclic) bond motifs is 3. The van der Waals surface area contributed by atoms with Gasteiger partial charge in [-0.1, -0.05) is 41.9 Å². The van der Waals surface area contributed by atoms with Crippen molar-refractivity contribution in [3.8, 4) is 5.75 Å². The van der Waals surface area contributed by atoms with Crippen LogP contribution < -0.4 is 9.75 Å². The number of amides is 1. The Kier molecular flexibility index (Phi) is 6.55. The number of carbonyl (C=O) groups excluding carboxylic acids is 2. The number of piperazine rings is 1. The summed E-state index contributed by atoms with van der Waals surface area (Å²) in [7, 11) is 0. The number of Topliss-reactive ketones (excluding diaryl/α,β-unsaturated/α-hetero) is 1. The van der Waals surface area contributed by atoms with Gasteiger partial charge in [0.15, 0.2) is 5.78 Å². The molecule has 0 saturated carbocycles. The summed E-state index contributed by atoms with van der Waals surface area (Å²) in [6.45, 7) is 7.85. The van der Waals surface area contributed by atoms with Crippen molar-refractivity contribution in [3.05, 3.63) is 59.1 Å². The van der Waals surface area contributed by atoms with Crippen molar-refractivity contribution in [2.75, 3.05) is 44.3 Å². The Morgan fingerprint density at radius 1 is 1.09 bits per heavy atom. The number of halogens is 1. The standard InChI is InChI=1S/C27H31ClN4O3/c1-19(33)26-27(21-7-4-3-5-8-21,11-6-12-30-13-15-31(16-14-30)20(2)34)25-18-35-24-10-9-22(28)17-23(24)32(25)29-26/h3-5,7-10,17,25H,6,11-16,18H2,1-2H3. The number of hydrazone groups is 1. The molecule has 2 aromatic carbocycles. The molecule has 184 valence electrons. The molecule has 7 nitrogen and oxygen atoms in total. The van der Waals surface area contributed by atoms with Gasteiger partial charge in [0.25, 0.3) is 0 Å². The number of benzene rings is 2. The maximum atomic E-state index is 13.0. The smallest absolute Gasteiger partial charge is 0.219 e. The maximum Gasteiger partial charge on any atom is 0.219 e. The van der Waals surface area contributed by atoms with Gasteiger partial charge in [-0.15, -0.1) is 0 Å². The molecule has 2 aromatic rings. The first-order valence-corrected chi connectivity index (χ1v) is 12.6. The molecule has 8 heteroatoms. The lowest BCUT2D eigenvalue weighted by molar-refractivity contribution is -0.130. The van der Waals surface area contributed by atoms with Crippen LogP contribution in [-0.4, -0.2) is 72.6 Å². The van der Waals surface area contributed by atoms with E-state index in [0.29, 0.717) is 17.3 Å². The number of carbonyl (C=O) groups is 2. The summed E-state index contributed by atoms with van der Waals surface area (Å²) in [6.07, 6.45) is 1.66. The molecule has 3 heterocycles. The summed E-state index contributed by atoms with van der Waals surface area (Å²) in [4.78, 5) is 29.0. The predicted molar refractivity (Wildman–Crippen MR) is 137 cm³/mol. The SMILES string of the molecule is CC(=O)C1=NN2c3cc(Cl)ccc3OCC2C1(CCCN1CCN(C(C)=O)CC1)c1ccccc1. The molecule has 0 aromatic heterocycles. The third-order valence-electron chi connectivity index (χ3n) is 7.54. The summed E-state index contributed by atoms with van der Waals surface area (Å²) in [5.74, 6) is 0.838. The molecule has 0 N–H and O–H groups in total. The molecular formula is C27H31ClN4O3. The number of rotatable bonds is 6. The summed E-state index contributed by atoms with van der Waals surface area (Å²) < 4.78 is 6.19. The van der Waals surface area contributed by atoms with Crippen molar-refractivity contribution in [3.63, 3.8) is 0 Å². The Bertz CT molecular complexity index is 1150. The lowest BCUT2D eigenvalue weighted by Gasteiger charge is -2.42. The van der Waals surface area contributed by atoms with Gasteiger partial charge in [-0.25, -0.2) is 0 Å². The van der Waals surface area contributed by atoms with E-state index in [2.05, 4.69) is 17.0 Å². The highest BCUT2D eigenvalue weighted by atomic mass is 35.5. The minimum atomic E-state index is -0.589. The van der Waals surface area contributed by atoms with E-state index >= 15 is 0 Å². The molecule has 3 aliphatic rings. The van der Waals surface area contributed by atoms with Crippen LogP contribution in [0.2, 0.25) is 5.02 Å². The van der Waals surface area contributed by atoms with Crippen LogP contribution in [0.25, 0.3) is 0 Å². The quantitative estimate of drug-likeness (QED) is 0.612. The summed E-state index contributed by atoms with van der Waals surface area (Å²) >= 11 is 6.33. The van der Waals surface area contributed by atoms with Crippen LogP contribution in [0.4, 0.5) is 5.69 Å². The van der Waals surface area contributed by atoms with Gasteiger partial charge in [-0.2, -0.15) is 5.10 Å². The monoisotopic (exact) mass is 494 g/mol. The van der Waals surface area contributed by atoms with Crippen molar-refractivity contribution >= 4 is 34.7 Å². The molecule has 3 aliphatic heterocycles. The fourth-order valence-corrected chi connectivity index (χ4v) is 5.94. The zero-order chi connectivity index (χ0) is 24.6. The van der Waals surface area contributed by atoms with E-state index in [1.807, 2.05) is 46.3 Å². The summed E-state index contributed by atoms with van der Waals surface area (Å²) in [5, 5.41) is 7.49. The number of ketones is 1. The average molecular weight is 495 g/mol. The highest BCUT2D eigenvalue weighted by Crippen LogP contribution is 2.49. The second-order valence-electron chi connectivity index (χ2n) is 9.58. The molecule has 2 atom stereocenters. The van der Waals surface area contributed by atoms with E-state index in [1.165, 1.54) is 0 Å². The molecule has 5 rings (SSSR count). The van der Waals surface area contributed by atoms with Gasteiger partial charge in [-0.05, 0) is 43.1 Å². The van der Waals surface area contributed by atoms with Crippen molar-refractivity contribution in [1.82, 2.24) is 9.80 Å². The van der Waals surface area contributed by atoms with E-state index in [-0.39, 0.29) is 17.7 Å². The summed E-state index contributed by atoms with van der Waals surface area (Å²) in [6, 6.07) is 15.6. The molecule has 0 aliphatic carbocycles. The fourth-order valence-electron chi connectivity index (χ4n) is 5.77. The van der Waals surface area contributed by atoms with Crippen LogP contribution in [0.15, 0.2) is 53.6 Å². The van der Waals surface area contributed by atoms with Crippen LogP contribution in [0.3, 0.4) is 0 Å². The predicted octanol–water partition coefficient (Wildman–Crippen LogP) is 3.75. The van der Waals surface area contributed by atoms with Crippen LogP contribution in [-0.2, 0) is 15.0 Å². The van der Waals surface area contributed by atoms with E-state index in [9.17, 15) is 9.59 Å². The molecule has 1 saturated heterocycles. The number of nitrogens with zero attached hydrogens (tertiary/aromatic N) is 4. The first-order valence-electron chi connectivity index (χ1n) is 12.2. The fraction of sp³-hybridized carbons (Fsp3) is 0.444. The Morgan fingerprint density at radius 3 is 2.51 bits per heavy atom. The van der Waals surface area contributed by atoms with Crippen molar-refractivity contribution < 1.29 is 14.3 Å². The van der Waals surface area contributed by atoms with E-state index < -0.39 is 5.41 Å². The zero-order valence-electron chi connectivity index (χ0n) is 20.2. The topological polar surface area (TPSA) is 65.5 Å². The second-order valence-corrected chi connectivity index (χ2v) is 10.0. The summed E-state index contributed by atoms with van der Waals surface area (Å²) in [5.41, 5.74) is 1.86. The second kappa shape index (κ2) is 9.63. The third kappa shape index (κ3) is 4.32. The van der Waals surface area contributed by atoms with Gasteiger partial charge < -0.3 is 9.64 Å². The molecule has 2 unspecified atom stereocenters. The Labute approximate surface area is 211 Å². The molecular weight excluding hydrogens is 464 g/mol. The Hall–Kier alpha value is -2.90. The lowest BCUT2D eigenvalue weighted by atomic mass is 9.67. The van der Waals surface area contributed by atoms with Crippen LogP contribution in [0, 0.1) is 0 Å². The molecule has 1 amide bonds. The lowest BCUT2D eigenvalue weighted by Crippen LogP contribution is -2.54. The van der Waals surface area contributed by atoms with Gasteiger partial charge in [0.1, 0.15) is 29.8 Å². The van der Waals surface area contributed by atoms with Gasteiger partial charge in [0, 0.05) is 45.0 Å². The highest BCUT2D eigenvalue weighted by Gasteiger charge is 2.55. The molecule has 0 spiro atoms. The average Bonchev–Trinajstić information content (AvgIpc) is 3.21. The van der Waals surface area contributed by atoms with Gasteiger partial charge in [0.2, 0.25) is 5.91 Å². The molecule has 1 fully saturated rings. The van der Waals surface area contributed by atoms with E-state index in [0.717, 1.165) is 62.6 Å². The number of ether oxygens (including phenoxy) is 1. The van der Waals surface area contributed by atoms with Crippen LogP contribution in [0.5, 0.6) is 5.75 Å². The van der Waals surface area contributed by atoms with Crippen LogP contribution in [0.1, 0.15) is 32.3 Å². The third-order valence-corrected chi connectivity index (χ3v) is 7.78. The van der Waals surface area contributed by atoms with Crippen LogP contribution >= 0.6 is 11.6 Å². The van der Waals surface area contributed by atoms with E-state index in [1.54, 1.807) is 13.8 Å². The largest absolute Gasteiger partial charge is 0.489 e. The normalized spacial score (nSPS) is 23.9. The zero-order valence-corrected chi connectivity index (χ0v) is 21.0. The number of hydrogen-bond acceptors (Lipinski definition) is 6. The number of anilines is 1. The van der Waals surface area contributed by atoms with Crippen molar-refractivity contribution in [1.29, 1.82) is 0 Å². The van der Waals surface area contributed by atoms with E-state index in [4.69, 9.17) is 21.4 Å². The first-order chi connectivity index (χ1) is 16.9. The number of hydrogen-bond donors (Lipinski definition) is 0. The molecule has 0 bridgehead atoms. The van der Waals surface area contributed by atoms with Crippen molar-refractivity contribution in [2.24, 2.45) is 5.10 Å². The minimum absolute atomic E-state index is 0.0260. The first kappa shape index (κ1) is 23.8. The van der Waals surface area contributed by atoms with Gasteiger partial charge >= 0.3 is 0 Å². The van der Waals surface area contributed by atoms with Gasteiger partial charge in [0.05, 0.1) is 5.41 Å². The Balaban J connectivity index is 1.45. The molecule has 35 heavy (non-hydrogen) atoms. The minimum Gasteiger partial charge on any atom is -0.489 e. The van der Waals surface area contributed by atoms with Gasteiger partial charge in [-0.3, -0.25) is 19.5 Å². The maximum absolute atomic E-state index is 13.0. The molecule has 0 radical (unpaired) electrons. The van der Waals surface area contributed by atoms with Crippen molar-refractivity contribution in [2.45, 2.75) is 38.1 Å². The Morgan fingerprint density at radius 2 is 1.83 bits per heavy atom. The highest BCUT2D eigenvalue weighted by molar-refractivity contribution is 6.43.